The molecule has 0 radical (unpaired) electrons. The highest BCUT2D eigenvalue weighted by atomic mass is 32.2. The molecule has 0 aromatic heterocycles. The van der Waals surface area contributed by atoms with Gasteiger partial charge in [-0.15, -0.1) is 0 Å². The lowest BCUT2D eigenvalue weighted by molar-refractivity contribution is -0.155. The lowest BCUT2D eigenvalue weighted by Gasteiger charge is -2.29. The maximum absolute atomic E-state index is 12.6. The Morgan fingerprint density at radius 2 is 1.77 bits per heavy atom. The Morgan fingerprint density at radius 3 is 2.30 bits per heavy atom. The van der Waals surface area contributed by atoms with Gasteiger partial charge in [-0.3, -0.25) is 14.4 Å². The molecule has 0 saturated heterocycles. The fourth-order valence-corrected chi connectivity index (χ4v) is 2.78. The lowest BCUT2D eigenvalue weighted by atomic mass is 10.1. The van der Waals surface area contributed by atoms with Crippen LogP contribution in [0.3, 0.4) is 0 Å². The molecule has 0 aliphatic rings. The molecule has 1 N–H and O–H groups in total. The summed E-state index contributed by atoms with van der Waals surface area (Å²) in [5, 5.41) is 0.760. The number of carbonyl (C=O) groups excluding carboxylic acids is 3. The van der Waals surface area contributed by atoms with Gasteiger partial charge in [-0.05, 0) is 32.3 Å². The van der Waals surface area contributed by atoms with E-state index in [0.29, 0.717) is 0 Å². The number of carbonyl (C=O) groups is 3. The first-order chi connectivity index (χ1) is 14.0. The molecular formula is C19H28N2O8S. The monoisotopic (exact) mass is 444 g/mol. The van der Waals surface area contributed by atoms with Crippen molar-refractivity contribution in [2.75, 3.05) is 12.9 Å². The summed E-state index contributed by atoms with van der Waals surface area (Å²) in [6, 6.07) is 7.64. The van der Waals surface area contributed by atoms with Gasteiger partial charge in [0.25, 0.3) is 10.1 Å². The summed E-state index contributed by atoms with van der Waals surface area (Å²) in [7, 11) is -3.65. The minimum atomic E-state index is -3.65. The Morgan fingerprint density at radius 1 is 1.13 bits per heavy atom. The number of hydrogen-bond acceptors (Lipinski definition) is 8. The third-order valence-electron chi connectivity index (χ3n) is 3.53. The summed E-state index contributed by atoms with van der Waals surface area (Å²) in [6.45, 7) is 4.18. The Hall–Kier alpha value is -2.66. The van der Waals surface area contributed by atoms with Gasteiger partial charge < -0.3 is 9.47 Å². The van der Waals surface area contributed by atoms with E-state index in [-0.39, 0.29) is 26.1 Å². The van der Waals surface area contributed by atoms with Crippen LogP contribution in [0.15, 0.2) is 30.3 Å². The number of nitrogens with one attached hydrogen (secondary N) is 1. The third-order valence-corrected chi connectivity index (χ3v) is 4.13. The number of benzene rings is 1. The van der Waals surface area contributed by atoms with Crippen LogP contribution in [-0.2, 0) is 40.0 Å². The van der Waals surface area contributed by atoms with E-state index in [2.05, 4.69) is 9.61 Å². The van der Waals surface area contributed by atoms with Crippen LogP contribution in [0.4, 0.5) is 4.79 Å². The van der Waals surface area contributed by atoms with Crippen LogP contribution in [0.2, 0.25) is 0 Å². The number of rotatable bonds is 10. The molecule has 0 fully saturated rings. The fraction of sp³-hybridized carbons (Fsp3) is 0.526. The van der Waals surface area contributed by atoms with E-state index in [9.17, 15) is 22.8 Å². The highest BCUT2D eigenvalue weighted by Gasteiger charge is 2.33. The topological polar surface area (TPSA) is 128 Å². The van der Waals surface area contributed by atoms with E-state index < -0.39 is 40.2 Å². The molecule has 1 aromatic rings. The van der Waals surface area contributed by atoms with E-state index >= 15 is 0 Å². The van der Waals surface area contributed by atoms with Gasteiger partial charge in [0.15, 0.2) is 6.04 Å². The van der Waals surface area contributed by atoms with Crippen molar-refractivity contribution in [3.63, 3.8) is 0 Å². The van der Waals surface area contributed by atoms with E-state index in [1.54, 1.807) is 38.1 Å². The zero-order chi connectivity index (χ0) is 22.7. The second-order valence-corrected chi connectivity index (χ2v) is 8.39. The molecule has 0 bridgehead atoms. The van der Waals surface area contributed by atoms with Gasteiger partial charge in [0, 0.05) is 6.92 Å². The zero-order valence-electron chi connectivity index (χ0n) is 17.5. The summed E-state index contributed by atoms with van der Waals surface area (Å²) >= 11 is 0. The van der Waals surface area contributed by atoms with Crippen LogP contribution < -0.4 is 5.43 Å². The van der Waals surface area contributed by atoms with Crippen molar-refractivity contribution < 1.29 is 36.5 Å². The van der Waals surface area contributed by atoms with E-state index in [0.717, 1.165) is 16.8 Å². The maximum Gasteiger partial charge on any atom is 0.429 e. The number of esters is 1. The van der Waals surface area contributed by atoms with Gasteiger partial charge in [-0.25, -0.2) is 14.6 Å². The SMILES string of the molecule is CC(=O)NN(C(=O)OCc1ccccc1)[C@@H](CCCOS(C)(=O)=O)C(=O)OC(C)C. The van der Waals surface area contributed by atoms with Crippen LogP contribution >= 0.6 is 0 Å². The fourth-order valence-electron chi connectivity index (χ4n) is 2.36. The molecule has 2 amide bonds. The van der Waals surface area contributed by atoms with Crippen LogP contribution in [-0.4, -0.2) is 56.4 Å². The summed E-state index contributed by atoms with van der Waals surface area (Å²) in [5.74, 6) is -1.36. The first-order valence-electron chi connectivity index (χ1n) is 9.31. The minimum Gasteiger partial charge on any atom is -0.461 e. The number of hydrogen-bond donors (Lipinski definition) is 1. The predicted molar refractivity (Wildman–Crippen MR) is 107 cm³/mol. The molecule has 10 nitrogen and oxygen atoms in total. The third kappa shape index (κ3) is 10.2. The highest BCUT2D eigenvalue weighted by Crippen LogP contribution is 2.13. The molecule has 0 aliphatic carbocycles. The number of ether oxygens (including phenoxy) is 2. The molecule has 0 spiro atoms. The van der Waals surface area contributed by atoms with E-state index in [4.69, 9.17) is 9.47 Å². The standard InChI is InChI=1S/C19H28N2O8S/c1-14(2)29-18(23)17(11-8-12-28-30(4,25)26)21(20-15(3)22)19(24)27-13-16-9-6-5-7-10-16/h5-7,9-10,14,17H,8,11-13H2,1-4H3,(H,20,22)/t17-/m0/s1. The highest BCUT2D eigenvalue weighted by molar-refractivity contribution is 7.85. The molecule has 30 heavy (non-hydrogen) atoms. The first kappa shape index (κ1) is 25.4. The molecule has 1 aromatic carbocycles. The molecule has 0 aliphatic heterocycles. The molecule has 0 saturated carbocycles. The number of amides is 2. The Kier molecular flexibility index (Phi) is 10.3. The van der Waals surface area contributed by atoms with Crippen molar-refractivity contribution in [1.29, 1.82) is 0 Å². The minimum absolute atomic E-state index is 0.0260. The van der Waals surface area contributed by atoms with Gasteiger partial charge in [0.05, 0.1) is 19.0 Å². The Labute approximate surface area is 176 Å². The second-order valence-electron chi connectivity index (χ2n) is 6.75. The van der Waals surface area contributed by atoms with E-state index in [1.165, 1.54) is 6.92 Å². The zero-order valence-corrected chi connectivity index (χ0v) is 18.3. The van der Waals surface area contributed by atoms with E-state index in [1.807, 2.05) is 6.07 Å². The van der Waals surface area contributed by atoms with Gasteiger partial charge in [-0.1, -0.05) is 30.3 Å². The lowest BCUT2D eigenvalue weighted by Crippen LogP contribution is -2.55. The molecule has 168 valence electrons. The maximum atomic E-state index is 12.6. The van der Waals surface area contributed by atoms with Crippen molar-refractivity contribution in [2.24, 2.45) is 0 Å². The van der Waals surface area contributed by atoms with Crippen LogP contribution in [0.5, 0.6) is 0 Å². The second kappa shape index (κ2) is 12.1. The smallest absolute Gasteiger partial charge is 0.429 e. The normalized spacial score (nSPS) is 12.2. The molecule has 0 unspecified atom stereocenters. The van der Waals surface area contributed by atoms with Crippen molar-refractivity contribution >= 4 is 28.1 Å². The van der Waals surface area contributed by atoms with Crippen molar-refractivity contribution in [3.05, 3.63) is 35.9 Å². The summed E-state index contributed by atoms with van der Waals surface area (Å²) < 4.78 is 37.3. The van der Waals surface area contributed by atoms with Crippen LogP contribution in [0, 0.1) is 0 Å². The van der Waals surface area contributed by atoms with Gasteiger partial charge >= 0.3 is 12.1 Å². The van der Waals surface area contributed by atoms with Crippen molar-refractivity contribution in [1.82, 2.24) is 10.4 Å². The van der Waals surface area contributed by atoms with Gasteiger partial charge in [-0.2, -0.15) is 8.42 Å². The van der Waals surface area contributed by atoms with Gasteiger partial charge in [0.1, 0.15) is 6.61 Å². The Bertz CT molecular complexity index is 811. The molecule has 1 atom stereocenters. The number of nitrogens with zero attached hydrogens (tertiary/aromatic N) is 1. The summed E-state index contributed by atoms with van der Waals surface area (Å²) in [4.78, 5) is 36.8. The van der Waals surface area contributed by atoms with Gasteiger partial charge in [0.2, 0.25) is 5.91 Å². The predicted octanol–water partition coefficient (Wildman–Crippen LogP) is 1.75. The molecule has 11 heteroatoms. The number of hydrazine groups is 1. The largest absolute Gasteiger partial charge is 0.461 e. The van der Waals surface area contributed by atoms with Crippen molar-refractivity contribution in [3.8, 4) is 0 Å². The summed E-state index contributed by atoms with van der Waals surface area (Å²) in [6.07, 6.45) is -0.438. The first-order valence-corrected chi connectivity index (χ1v) is 11.1. The van der Waals surface area contributed by atoms with Crippen LogP contribution in [0.25, 0.3) is 0 Å². The summed E-state index contributed by atoms with van der Waals surface area (Å²) in [5.41, 5.74) is 3.01. The molecule has 1 rings (SSSR count). The van der Waals surface area contributed by atoms with Crippen LogP contribution in [0.1, 0.15) is 39.2 Å². The molecule has 0 heterocycles. The average Bonchev–Trinajstić information content (AvgIpc) is 2.63. The quantitative estimate of drug-likeness (QED) is 0.250. The average molecular weight is 445 g/mol. The Balaban J connectivity index is 2.94. The molecular weight excluding hydrogens is 416 g/mol. The van der Waals surface area contributed by atoms with Crippen molar-refractivity contribution in [2.45, 2.75) is 52.4 Å².